The van der Waals surface area contributed by atoms with Gasteiger partial charge in [-0.2, -0.15) is 5.10 Å². The fourth-order valence-corrected chi connectivity index (χ4v) is 2.43. The summed E-state index contributed by atoms with van der Waals surface area (Å²) in [6.07, 6.45) is 5.89. The molecule has 2 N–H and O–H groups in total. The summed E-state index contributed by atoms with van der Waals surface area (Å²) in [4.78, 5) is 11.8. The second kappa shape index (κ2) is 8.49. The van der Waals surface area contributed by atoms with Crippen LogP contribution in [-0.2, 0) is 11.3 Å². The van der Waals surface area contributed by atoms with Gasteiger partial charge in [-0.3, -0.25) is 9.48 Å². The van der Waals surface area contributed by atoms with Crippen molar-refractivity contribution < 1.29 is 4.79 Å². The Kier molecular flexibility index (Phi) is 8.16. The van der Waals surface area contributed by atoms with Crippen LogP contribution in [0, 0.1) is 5.41 Å². The zero-order valence-electron chi connectivity index (χ0n) is 12.0. The van der Waals surface area contributed by atoms with Crippen molar-refractivity contribution in [2.24, 2.45) is 5.41 Å². The van der Waals surface area contributed by atoms with Crippen LogP contribution < -0.4 is 10.6 Å². The normalized spacial score (nSPS) is 20.4. The molecule has 0 aliphatic carbocycles. The Bertz CT molecular complexity index is 395. The maximum atomic E-state index is 11.8. The van der Waals surface area contributed by atoms with E-state index in [2.05, 4.69) is 29.6 Å². The summed E-state index contributed by atoms with van der Waals surface area (Å²) in [5.74, 6) is 0.0156. The molecule has 7 heteroatoms. The highest BCUT2D eigenvalue weighted by Gasteiger charge is 2.31. The molecule has 0 radical (unpaired) electrons. The molecule has 2 heterocycles. The zero-order chi connectivity index (χ0) is 13.0. The Balaban J connectivity index is 0.00000180. The number of hydrogen-bond donors (Lipinski definition) is 2. The first-order chi connectivity index (χ1) is 8.58. The molecule has 5 nitrogen and oxygen atoms in total. The molecule has 116 valence electrons. The first kappa shape index (κ1) is 19.2. The van der Waals surface area contributed by atoms with Crippen molar-refractivity contribution in [3.05, 3.63) is 18.5 Å². The smallest absolute Gasteiger partial charge is 0.241 e. The fraction of sp³-hybridized carbons (Fsp3) is 0.692. The molecule has 1 aliphatic rings. The molecule has 0 spiro atoms. The van der Waals surface area contributed by atoms with Crippen molar-refractivity contribution >= 4 is 30.7 Å². The van der Waals surface area contributed by atoms with Crippen molar-refractivity contribution in [3.63, 3.8) is 0 Å². The monoisotopic (exact) mass is 322 g/mol. The SMILES string of the molecule is CC1(C)CCCNC1CNC(=O)Cn1cccn1.Cl.Cl. The molecule has 1 aromatic rings. The number of nitrogens with one attached hydrogen (secondary N) is 2. The lowest BCUT2D eigenvalue weighted by atomic mass is 9.77. The van der Waals surface area contributed by atoms with Gasteiger partial charge < -0.3 is 10.6 Å². The first-order valence-electron chi connectivity index (χ1n) is 6.55. The maximum Gasteiger partial charge on any atom is 0.241 e. The molecule has 1 amide bonds. The van der Waals surface area contributed by atoms with E-state index >= 15 is 0 Å². The molecule has 0 saturated carbocycles. The number of piperidine rings is 1. The minimum absolute atomic E-state index is 0. The van der Waals surface area contributed by atoms with Crippen molar-refractivity contribution in [1.82, 2.24) is 20.4 Å². The Morgan fingerprint density at radius 1 is 1.50 bits per heavy atom. The molecular formula is C13H24Cl2N4O. The average Bonchev–Trinajstić information content (AvgIpc) is 2.80. The van der Waals surface area contributed by atoms with Gasteiger partial charge in [0, 0.05) is 25.0 Å². The number of carbonyl (C=O) groups is 1. The number of nitrogens with zero attached hydrogens (tertiary/aromatic N) is 2. The second-order valence-corrected chi connectivity index (χ2v) is 5.61. The molecule has 1 saturated heterocycles. The van der Waals surface area contributed by atoms with E-state index in [4.69, 9.17) is 0 Å². The van der Waals surface area contributed by atoms with E-state index in [-0.39, 0.29) is 36.1 Å². The first-order valence-corrected chi connectivity index (χ1v) is 6.55. The van der Waals surface area contributed by atoms with Crippen molar-refractivity contribution in [3.8, 4) is 0 Å². The minimum Gasteiger partial charge on any atom is -0.353 e. The van der Waals surface area contributed by atoms with Gasteiger partial charge in [0.2, 0.25) is 5.91 Å². The van der Waals surface area contributed by atoms with Crippen LogP contribution in [0.5, 0.6) is 0 Å². The Morgan fingerprint density at radius 3 is 2.85 bits per heavy atom. The van der Waals surface area contributed by atoms with Gasteiger partial charge >= 0.3 is 0 Å². The van der Waals surface area contributed by atoms with E-state index in [0.717, 1.165) is 6.54 Å². The largest absolute Gasteiger partial charge is 0.353 e. The molecule has 1 aliphatic heterocycles. The Morgan fingerprint density at radius 2 is 2.25 bits per heavy atom. The molecule has 0 bridgehead atoms. The second-order valence-electron chi connectivity index (χ2n) is 5.61. The van der Waals surface area contributed by atoms with Gasteiger partial charge in [-0.15, -0.1) is 24.8 Å². The zero-order valence-corrected chi connectivity index (χ0v) is 13.6. The highest BCUT2D eigenvalue weighted by Crippen LogP contribution is 2.29. The third-order valence-corrected chi connectivity index (χ3v) is 3.70. The van der Waals surface area contributed by atoms with E-state index in [1.165, 1.54) is 12.8 Å². The molecule has 1 unspecified atom stereocenters. The van der Waals surface area contributed by atoms with Gasteiger partial charge in [0.1, 0.15) is 6.54 Å². The van der Waals surface area contributed by atoms with Crippen LogP contribution in [0.4, 0.5) is 0 Å². The van der Waals surface area contributed by atoms with Crippen LogP contribution in [0.3, 0.4) is 0 Å². The van der Waals surface area contributed by atoms with Gasteiger partial charge in [-0.05, 0) is 30.9 Å². The lowest BCUT2D eigenvalue weighted by molar-refractivity contribution is -0.122. The van der Waals surface area contributed by atoms with E-state index < -0.39 is 0 Å². The summed E-state index contributed by atoms with van der Waals surface area (Å²) in [5.41, 5.74) is 0.247. The lowest BCUT2D eigenvalue weighted by Gasteiger charge is -2.39. The van der Waals surface area contributed by atoms with Crippen LogP contribution in [0.25, 0.3) is 0 Å². The van der Waals surface area contributed by atoms with E-state index in [0.29, 0.717) is 19.1 Å². The van der Waals surface area contributed by atoms with Gasteiger partial charge in [-0.25, -0.2) is 0 Å². The van der Waals surface area contributed by atoms with Crippen LogP contribution in [-0.4, -0.2) is 34.8 Å². The number of rotatable bonds is 4. The van der Waals surface area contributed by atoms with Crippen molar-refractivity contribution in [2.75, 3.05) is 13.1 Å². The van der Waals surface area contributed by atoms with E-state index in [9.17, 15) is 4.79 Å². The highest BCUT2D eigenvalue weighted by atomic mass is 35.5. The summed E-state index contributed by atoms with van der Waals surface area (Å²) in [6.45, 7) is 6.53. The summed E-state index contributed by atoms with van der Waals surface area (Å²) in [6, 6.07) is 2.17. The number of hydrogen-bond acceptors (Lipinski definition) is 3. The number of amides is 1. The number of carbonyl (C=O) groups excluding carboxylic acids is 1. The molecule has 0 aromatic carbocycles. The van der Waals surface area contributed by atoms with Gasteiger partial charge in [0.15, 0.2) is 0 Å². The molecule has 2 rings (SSSR count). The van der Waals surface area contributed by atoms with E-state index in [1.807, 2.05) is 6.07 Å². The van der Waals surface area contributed by atoms with Crippen molar-refractivity contribution in [2.45, 2.75) is 39.3 Å². The standard InChI is InChI=1S/C13H22N4O.2ClH/c1-13(2)5-3-6-14-11(13)9-15-12(18)10-17-8-4-7-16-17;;/h4,7-8,11,14H,3,5-6,9-10H2,1-2H3,(H,15,18);2*1H. The quantitative estimate of drug-likeness (QED) is 0.885. The van der Waals surface area contributed by atoms with Gasteiger partial charge in [-0.1, -0.05) is 13.8 Å². The van der Waals surface area contributed by atoms with Crippen LogP contribution in [0.1, 0.15) is 26.7 Å². The van der Waals surface area contributed by atoms with Crippen LogP contribution in [0.2, 0.25) is 0 Å². The fourth-order valence-electron chi connectivity index (χ4n) is 2.43. The Labute approximate surface area is 132 Å². The molecule has 1 fully saturated rings. The summed E-state index contributed by atoms with van der Waals surface area (Å²) < 4.78 is 1.63. The van der Waals surface area contributed by atoms with Crippen LogP contribution >= 0.6 is 24.8 Å². The lowest BCUT2D eigenvalue weighted by Crippen LogP contribution is -2.53. The number of aromatic nitrogens is 2. The topological polar surface area (TPSA) is 58.9 Å². The van der Waals surface area contributed by atoms with E-state index in [1.54, 1.807) is 17.1 Å². The van der Waals surface area contributed by atoms with Gasteiger partial charge in [0.25, 0.3) is 0 Å². The van der Waals surface area contributed by atoms with Crippen molar-refractivity contribution in [1.29, 1.82) is 0 Å². The van der Waals surface area contributed by atoms with Crippen LogP contribution in [0.15, 0.2) is 18.5 Å². The Hall–Kier alpha value is -0.780. The average molecular weight is 323 g/mol. The molecule has 1 atom stereocenters. The van der Waals surface area contributed by atoms with Gasteiger partial charge in [0.05, 0.1) is 0 Å². The highest BCUT2D eigenvalue weighted by molar-refractivity contribution is 5.85. The predicted octanol–water partition coefficient (Wildman–Crippen LogP) is 1.62. The summed E-state index contributed by atoms with van der Waals surface area (Å²) in [7, 11) is 0. The predicted molar refractivity (Wildman–Crippen MR) is 84.5 cm³/mol. The molecule has 1 aromatic heterocycles. The summed E-state index contributed by atoms with van der Waals surface area (Å²) in [5, 5.41) is 10.5. The number of halogens is 2. The third-order valence-electron chi connectivity index (χ3n) is 3.70. The molecule has 20 heavy (non-hydrogen) atoms. The molecular weight excluding hydrogens is 299 g/mol. The maximum absolute atomic E-state index is 11.8. The third kappa shape index (κ3) is 5.31. The minimum atomic E-state index is 0. The summed E-state index contributed by atoms with van der Waals surface area (Å²) >= 11 is 0.